The van der Waals surface area contributed by atoms with Crippen molar-refractivity contribution >= 4 is 40.9 Å². The molecule has 3 fully saturated rings. The molecule has 2 saturated carbocycles. The van der Waals surface area contributed by atoms with Crippen molar-refractivity contribution in [1.82, 2.24) is 9.88 Å². The fourth-order valence-corrected chi connectivity index (χ4v) is 9.45. The van der Waals surface area contributed by atoms with E-state index in [9.17, 15) is 24.3 Å². The molecule has 3 heterocycles. The van der Waals surface area contributed by atoms with Crippen LogP contribution in [0.1, 0.15) is 29.7 Å². The summed E-state index contributed by atoms with van der Waals surface area (Å²) in [5, 5.41) is 10.4. The minimum absolute atomic E-state index is 0.00352. The number of carbonyl (C=O) groups excluding carboxylic acids is 2. The van der Waals surface area contributed by atoms with Crippen LogP contribution in [0.4, 0.5) is 0 Å². The number of rotatable bonds is 3. The molecule has 160 valence electrons. The number of carboxylic acids is 1. The first-order valence-electron chi connectivity index (χ1n) is 10.4. The number of amides is 2. The van der Waals surface area contributed by atoms with Crippen LogP contribution in [-0.4, -0.2) is 44.1 Å². The second-order valence-electron chi connectivity index (χ2n) is 8.93. The number of aromatic nitrogens is 1. The number of thioether (sulfide) groups is 1. The summed E-state index contributed by atoms with van der Waals surface area (Å²) in [4.78, 5) is 55.1. The maximum atomic E-state index is 13.3. The second-order valence-corrected chi connectivity index (χ2v) is 11.1. The Morgan fingerprint density at radius 1 is 1.13 bits per heavy atom. The third-order valence-corrected chi connectivity index (χ3v) is 10.2. The molecule has 1 aromatic carbocycles. The first-order chi connectivity index (χ1) is 14.9. The van der Waals surface area contributed by atoms with Gasteiger partial charge in [0, 0.05) is 16.0 Å². The first-order valence-corrected chi connectivity index (χ1v) is 12.1. The lowest BCUT2D eigenvalue weighted by molar-refractivity contribution is -0.154. The lowest BCUT2D eigenvalue weighted by Crippen LogP contribution is -2.44. The molecule has 8 atom stereocenters. The Labute approximate surface area is 185 Å². The van der Waals surface area contributed by atoms with Crippen LogP contribution in [0.25, 0.3) is 0 Å². The van der Waals surface area contributed by atoms with E-state index in [-0.39, 0.29) is 45.6 Å². The molecule has 2 aromatic rings. The van der Waals surface area contributed by atoms with Crippen molar-refractivity contribution in [3.63, 3.8) is 0 Å². The van der Waals surface area contributed by atoms with E-state index in [4.69, 9.17) is 0 Å². The predicted molar refractivity (Wildman–Crippen MR) is 114 cm³/mol. The standard InChI is InChI=1S/C22H20N2O5S2/c1-8(21(27)28)24-19(25)14-10-7-11(15(14)20(24)26)16-13(10)12(9-5-3-2-4-6-9)17-18(30-16)23-22(29)31-17/h2-6,8,10-16H,7H2,1H3,(H,23,29)(H,27,28)/t8-,10-,11-,12+,13-,14+,15-,16-/m1/s1. The van der Waals surface area contributed by atoms with Crippen LogP contribution in [0, 0.1) is 29.6 Å². The highest BCUT2D eigenvalue weighted by Crippen LogP contribution is 2.68. The largest absolute Gasteiger partial charge is 0.480 e. The number of fused-ring (bicyclic) bond motifs is 9. The number of carboxylic acid groups (broad SMARTS) is 1. The van der Waals surface area contributed by atoms with Crippen LogP contribution in [0.5, 0.6) is 0 Å². The Kier molecular flexibility index (Phi) is 4.08. The molecule has 1 aromatic heterocycles. The molecule has 4 aliphatic rings. The van der Waals surface area contributed by atoms with Gasteiger partial charge < -0.3 is 10.1 Å². The van der Waals surface area contributed by atoms with Gasteiger partial charge in [0.05, 0.1) is 16.9 Å². The van der Waals surface area contributed by atoms with E-state index in [2.05, 4.69) is 17.1 Å². The highest BCUT2D eigenvalue weighted by molar-refractivity contribution is 8.00. The number of carbonyl (C=O) groups is 3. The predicted octanol–water partition coefficient (Wildman–Crippen LogP) is 2.38. The topological polar surface area (TPSA) is 108 Å². The number of H-pyrrole nitrogens is 1. The van der Waals surface area contributed by atoms with Crippen LogP contribution >= 0.6 is 23.1 Å². The Morgan fingerprint density at radius 2 is 1.81 bits per heavy atom. The Bertz CT molecular complexity index is 1170. The zero-order valence-corrected chi connectivity index (χ0v) is 18.2. The van der Waals surface area contributed by atoms with Crippen LogP contribution in [0.3, 0.4) is 0 Å². The number of hydrogen-bond donors (Lipinski definition) is 2. The molecule has 2 amide bonds. The number of nitrogens with one attached hydrogen (secondary N) is 1. The third-order valence-electron chi connectivity index (χ3n) is 7.66. The number of nitrogens with zero attached hydrogens (tertiary/aromatic N) is 1. The van der Waals surface area contributed by atoms with E-state index >= 15 is 0 Å². The van der Waals surface area contributed by atoms with Crippen LogP contribution in [0.2, 0.25) is 0 Å². The molecule has 2 N–H and O–H groups in total. The molecule has 0 spiro atoms. The first kappa shape index (κ1) is 19.3. The van der Waals surface area contributed by atoms with Gasteiger partial charge in [0.15, 0.2) is 0 Å². The molecular weight excluding hydrogens is 436 g/mol. The molecule has 2 aliphatic heterocycles. The summed E-state index contributed by atoms with van der Waals surface area (Å²) in [7, 11) is 0. The van der Waals surface area contributed by atoms with Crippen LogP contribution < -0.4 is 4.87 Å². The van der Waals surface area contributed by atoms with E-state index in [1.165, 1.54) is 18.3 Å². The Hall–Kier alpha value is -2.39. The smallest absolute Gasteiger partial charge is 0.326 e. The van der Waals surface area contributed by atoms with Crippen molar-refractivity contribution < 1.29 is 19.5 Å². The van der Waals surface area contributed by atoms with Gasteiger partial charge in [0.2, 0.25) is 11.8 Å². The number of likely N-dealkylation sites (tertiary alicyclic amines) is 1. The molecule has 6 rings (SSSR count). The number of thiazole rings is 1. The van der Waals surface area contributed by atoms with Crippen molar-refractivity contribution in [2.45, 2.75) is 35.6 Å². The van der Waals surface area contributed by atoms with Gasteiger partial charge in [-0.1, -0.05) is 41.7 Å². The van der Waals surface area contributed by atoms with Crippen molar-refractivity contribution in [3.05, 3.63) is 50.4 Å². The number of aliphatic carboxylic acids is 1. The number of hydrogen-bond acceptors (Lipinski definition) is 6. The molecule has 9 heteroatoms. The summed E-state index contributed by atoms with van der Waals surface area (Å²) in [5.41, 5.74) is 1.12. The van der Waals surface area contributed by atoms with Gasteiger partial charge in [0.25, 0.3) is 0 Å². The minimum Gasteiger partial charge on any atom is -0.480 e. The van der Waals surface area contributed by atoms with E-state index < -0.39 is 23.8 Å². The Balaban J connectivity index is 1.46. The van der Waals surface area contributed by atoms with Gasteiger partial charge in [0.1, 0.15) is 6.04 Å². The Morgan fingerprint density at radius 3 is 2.48 bits per heavy atom. The fraction of sp³-hybridized carbons (Fsp3) is 0.455. The quantitative estimate of drug-likeness (QED) is 0.687. The summed E-state index contributed by atoms with van der Waals surface area (Å²) in [6, 6.07) is 8.91. The van der Waals surface area contributed by atoms with Crippen molar-refractivity contribution in [3.8, 4) is 0 Å². The highest BCUT2D eigenvalue weighted by Gasteiger charge is 2.70. The van der Waals surface area contributed by atoms with Gasteiger partial charge in [-0.2, -0.15) is 0 Å². The SMILES string of the molecule is C[C@H](C(=O)O)N1C(=O)[C@@H]2[C@H]3C[C@@H]([C@@H]2C1=O)[C@@H]1[C@H](c2ccccc2)c2sc(=O)[nH]c2S[C@H]31. The molecule has 31 heavy (non-hydrogen) atoms. The highest BCUT2D eigenvalue weighted by atomic mass is 32.2. The normalized spacial score (nSPS) is 36.3. The lowest BCUT2D eigenvalue weighted by Gasteiger charge is -2.43. The molecule has 2 aliphatic carbocycles. The van der Waals surface area contributed by atoms with Gasteiger partial charge in [-0.3, -0.25) is 19.3 Å². The van der Waals surface area contributed by atoms with E-state index in [1.54, 1.807) is 11.8 Å². The average Bonchev–Trinajstić information content (AvgIpc) is 3.47. The number of imide groups is 1. The summed E-state index contributed by atoms with van der Waals surface area (Å²) in [6.07, 6.45) is 0.799. The van der Waals surface area contributed by atoms with Crippen LogP contribution in [-0.2, 0) is 14.4 Å². The summed E-state index contributed by atoms with van der Waals surface area (Å²) < 4.78 is 0. The monoisotopic (exact) mass is 456 g/mol. The zero-order chi connectivity index (χ0) is 21.6. The fourth-order valence-electron chi connectivity index (χ4n) is 6.57. The second kappa shape index (κ2) is 6.56. The summed E-state index contributed by atoms with van der Waals surface area (Å²) in [5.74, 6) is -2.59. The van der Waals surface area contributed by atoms with Gasteiger partial charge in [-0.15, -0.1) is 11.8 Å². The average molecular weight is 457 g/mol. The van der Waals surface area contributed by atoms with Crippen molar-refractivity contribution in [2.75, 3.05) is 0 Å². The molecule has 1 saturated heterocycles. The van der Waals surface area contributed by atoms with Crippen molar-refractivity contribution in [2.24, 2.45) is 29.6 Å². The van der Waals surface area contributed by atoms with Gasteiger partial charge in [-0.25, -0.2) is 4.79 Å². The van der Waals surface area contributed by atoms with Crippen LogP contribution in [0.15, 0.2) is 40.2 Å². The summed E-state index contributed by atoms with van der Waals surface area (Å²) >= 11 is 2.87. The summed E-state index contributed by atoms with van der Waals surface area (Å²) in [6.45, 7) is 1.40. The number of benzene rings is 1. The van der Waals surface area contributed by atoms with E-state index in [0.29, 0.717) is 0 Å². The molecule has 0 unspecified atom stereocenters. The lowest BCUT2D eigenvalue weighted by atomic mass is 9.68. The molecular formula is C22H20N2O5S2. The third kappa shape index (κ3) is 2.47. The molecule has 7 nitrogen and oxygen atoms in total. The minimum atomic E-state index is -1.16. The maximum absolute atomic E-state index is 13.3. The van der Waals surface area contributed by atoms with Crippen molar-refractivity contribution in [1.29, 1.82) is 0 Å². The molecule has 0 radical (unpaired) electrons. The maximum Gasteiger partial charge on any atom is 0.326 e. The van der Waals surface area contributed by atoms with E-state index in [0.717, 1.165) is 26.8 Å². The molecule has 2 bridgehead atoms. The number of aromatic amines is 1. The van der Waals surface area contributed by atoms with Gasteiger partial charge >= 0.3 is 10.8 Å². The zero-order valence-electron chi connectivity index (χ0n) is 16.6. The van der Waals surface area contributed by atoms with Gasteiger partial charge in [-0.05, 0) is 36.7 Å². The van der Waals surface area contributed by atoms with E-state index in [1.807, 2.05) is 18.2 Å².